The minimum Gasteiger partial charge on any atom is -0.480 e. The lowest BCUT2D eigenvalue weighted by Crippen LogP contribution is -2.43. The predicted octanol–water partition coefficient (Wildman–Crippen LogP) is 1.19. The molecule has 0 aliphatic carbocycles. The number of aromatic amines is 1. The number of para-hydroxylation sites is 1. The number of ether oxygens (including phenoxy) is 2. The zero-order chi connectivity index (χ0) is 23.8. The molecule has 1 saturated heterocycles. The molecule has 3 heterocycles. The molecule has 176 valence electrons. The molecular weight excluding hydrogens is 430 g/mol. The van der Waals surface area contributed by atoms with Crippen molar-refractivity contribution in [1.82, 2.24) is 19.5 Å². The van der Waals surface area contributed by atoms with Gasteiger partial charge in [0.05, 0.1) is 19.0 Å². The van der Waals surface area contributed by atoms with Gasteiger partial charge in [0, 0.05) is 11.8 Å². The van der Waals surface area contributed by atoms with Crippen molar-refractivity contribution in [2.75, 3.05) is 11.9 Å². The molecular formula is C22H27N5O6. The summed E-state index contributed by atoms with van der Waals surface area (Å²) < 4.78 is 13.1. The number of aliphatic hydroxyl groups is 2. The van der Waals surface area contributed by atoms with Crippen LogP contribution in [-0.4, -0.2) is 60.6 Å². The molecule has 1 fully saturated rings. The number of carbonyl (C=O) groups excluding carboxylic acids is 1. The van der Waals surface area contributed by atoms with Crippen LogP contribution in [0.3, 0.4) is 0 Å². The summed E-state index contributed by atoms with van der Waals surface area (Å²) in [6.07, 6.45) is -1.55. The third kappa shape index (κ3) is 4.75. The topological polar surface area (TPSA) is 152 Å². The number of hydrogen-bond acceptors (Lipinski definition) is 8. The number of imidazole rings is 1. The summed E-state index contributed by atoms with van der Waals surface area (Å²) in [5, 5.41) is 22.0. The van der Waals surface area contributed by atoms with Crippen LogP contribution < -0.4 is 15.6 Å². The van der Waals surface area contributed by atoms with Gasteiger partial charge < -0.3 is 19.7 Å². The van der Waals surface area contributed by atoms with Gasteiger partial charge in [-0.05, 0) is 12.1 Å². The van der Waals surface area contributed by atoms with E-state index in [1.807, 2.05) is 39.0 Å². The van der Waals surface area contributed by atoms with Crippen molar-refractivity contribution in [2.24, 2.45) is 5.41 Å². The van der Waals surface area contributed by atoms with Gasteiger partial charge in [-0.15, -0.1) is 0 Å². The van der Waals surface area contributed by atoms with E-state index in [2.05, 4.69) is 20.3 Å². The number of rotatable bonds is 6. The number of carbonyl (C=O) groups is 1. The van der Waals surface area contributed by atoms with Gasteiger partial charge in [-0.2, -0.15) is 4.98 Å². The molecule has 0 radical (unpaired) electrons. The first-order chi connectivity index (χ1) is 15.7. The number of nitrogens with zero attached hydrogens (tertiary/aromatic N) is 3. The molecule has 4 atom stereocenters. The Morgan fingerprint density at radius 1 is 1.36 bits per heavy atom. The first-order valence-electron chi connectivity index (χ1n) is 10.6. The summed E-state index contributed by atoms with van der Waals surface area (Å²) in [5.41, 5.74) is -0.852. The second kappa shape index (κ2) is 8.93. The van der Waals surface area contributed by atoms with E-state index < -0.39 is 41.4 Å². The van der Waals surface area contributed by atoms with Crippen molar-refractivity contribution >= 4 is 23.0 Å². The Labute approximate surface area is 189 Å². The second-order valence-corrected chi connectivity index (χ2v) is 9.02. The Hall–Kier alpha value is -3.28. The van der Waals surface area contributed by atoms with Gasteiger partial charge in [0.2, 0.25) is 5.95 Å². The SMILES string of the molecule is CC(C)(C)C(Oc1ccccc1)C(=O)Nc1nc2c(ncn2[C@H]2CC(O)[C@@H](CO)O2)c(=O)[nH]1. The Kier molecular flexibility index (Phi) is 6.19. The fourth-order valence-corrected chi connectivity index (χ4v) is 3.69. The van der Waals surface area contributed by atoms with Crippen LogP contribution >= 0.6 is 0 Å². The van der Waals surface area contributed by atoms with Crippen LogP contribution in [0.2, 0.25) is 0 Å². The monoisotopic (exact) mass is 457 g/mol. The first-order valence-corrected chi connectivity index (χ1v) is 10.6. The Bertz CT molecular complexity index is 1190. The van der Waals surface area contributed by atoms with Crippen molar-refractivity contribution in [3.8, 4) is 5.75 Å². The molecule has 1 aromatic carbocycles. The Balaban J connectivity index is 1.61. The van der Waals surface area contributed by atoms with E-state index in [0.717, 1.165) is 0 Å². The van der Waals surface area contributed by atoms with Crippen LogP contribution in [0.1, 0.15) is 33.4 Å². The summed E-state index contributed by atoms with van der Waals surface area (Å²) in [5.74, 6) is -0.00634. The molecule has 0 saturated carbocycles. The summed E-state index contributed by atoms with van der Waals surface area (Å²) in [4.78, 5) is 36.6. The van der Waals surface area contributed by atoms with E-state index >= 15 is 0 Å². The van der Waals surface area contributed by atoms with E-state index in [1.54, 1.807) is 12.1 Å². The average Bonchev–Trinajstić information content (AvgIpc) is 3.35. The molecule has 1 aliphatic heterocycles. The average molecular weight is 457 g/mol. The van der Waals surface area contributed by atoms with Gasteiger partial charge in [0.1, 0.15) is 18.1 Å². The minimum atomic E-state index is -0.871. The molecule has 33 heavy (non-hydrogen) atoms. The quantitative estimate of drug-likeness (QED) is 0.431. The highest BCUT2D eigenvalue weighted by atomic mass is 16.5. The van der Waals surface area contributed by atoms with Gasteiger partial charge in [0.15, 0.2) is 17.3 Å². The highest BCUT2D eigenvalue weighted by Gasteiger charge is 2.36. The van der Waals surface area contributed by atoms with Crippen LogP contribution in [0.4, 0.5) is 5.95 Å². The van der Waals surface area contributed by atoms with Crippen molar-refractivity contribution in [3.63, 3.8) is 0 Å². The lowest BCUT2D eigenvalue weighted by atomic mass is 9.88. The largest absolute Gasteiger partial charge is 0.480 e. The number of aromatic nitrogens is 4. The molecule has 1 aliphatic rings. The maximum atomic E-state index is 13.1. The smallest absolute Gasteiger partial charge is 0.280 e. The Morgan fingerprint density at radius 2 is 2.09 bits per heavy atom. The minimum absolute atomic E-state index is 0.0615. The number of amides is 1. The normalized spacial score (nSPS) is 21.8. The molecule has 4 rings (SSSR count). The molecule has 2 aromatic heterocycles. The van der Waals surface area contributed by atoms with Gasteiger partial charge >= 0.3 is 0 Å². The number of H-pyrrole nitrogens is 1. The third-order valence-corrected chi connectivity index (χ3v) is 5.39. The lowest BCUT2D eigenvalue weighted by Gasteiger charge is -2.29. The zero-order valence-electron chi connectivity index (χ0n) is 18.6. The molecule has 1 amide bonds. The summed E-state index contributed by atoms with van der Waals surface area (Å²) in [7, 11) is 0. The number of fused-ring (bicyclic) bond motifs is 1. The summed E-state index contributed by atoms with van der Waals surface area (Å²) in [6, 6.07) is 8.98. The zero-order valence-corrected chi connectivity index (χ0v) is 18.6. The molecule has 3 aromatic rings. The highest BCUT2D eigenvalue weighted by Crippen LogP contribution is 2.30. The molecule has 0 bridgehead atoms. The molecule has 0 spiro atoms. The standard InChI is InChI=1S/C22H27N5O6/c1-22(2,3)17(32-12-7-5-4-6-8-12)20(31)26-21-24-18-16(19(30)25-21)23-11-27(18)15-9-13(29)14(10-28)33-15/h4-8,11,13-15,17,28-29H,9-10H2,1-3H3,(H2,24,25,26,30,31)/t13?,14-,15-,17?/m1/s1. The van der Waals surface area contributed by atoms with E-state index in [1.165, 1.54) is 10.9 Å². The fraction of sp³-hybridized carbons (Fsp3) is 0.455. The lowest BCUT2D eigenvalue weighted by molar-refractivity contribution is -0.127. The summed E-state index contributed by atoms with van der Waals surface area (Å²) >= 11 is 0. The van der Waals surface area contributed by atoms with Crippen LogP contribution in [0.25, 0.3) is 11.2 Å². The second-order valence-electron chi connectivity index (χ2n) is 9.02. The number of nitrogens with one attached hydrogen (secondary N) is 2. The van der Waals surface area contributed by atoms with Crippen LogP contribution in [0.15, 0.2) is 41.5 Å². The predicted molar refractivity (Wildman–Crippen MR) is 119 cm³/mol. The maximum absolute atomic E-state index is 13.1. The van der Waals surface area contributed by atoms with Gasteiger partial charge in [-0.1, -0.05) is 39.0 Å². The van der Waals surface area contributed by atoms with Crippen molar-refractivity contribution < 1.29 is 24.5 Å². The molecule has 2 unspecified atom stereocenters. The van der Waals surface area contributed by atoms with Crippen LogP contribution in [0.5, 0.6) is 5.75 Å². The van der Waals surface area contributed by atoms with E-state index in [-0.39, 0.29) is 30.1 Å². The van der Waals surface area contributed by atoms with E-state index in [4.69, 9.17) is 9.47 Å². The van der Waals surface area contributed by atoms with Gasteiger partial charge in [-0.25, -0.2) is 4.98 Å². The van der Waals surface area contributed by atoms with Crippen LogP contribution in [0, 0.1) is 5.41 Å². The number of aliphatic hydroxyl groups excluding tert-OH is 2. The van der Waals surface area contributed by atoms with E-state index in [0.29, 0.717) is 5.75 Å². The van der Waals surface area contributed by atoms with Crippen molar-refractivity contribution in [3.05, 3.63) is 47.0 Å². The van der Waals surface area contributed by atoms with Crippen LogP contribution in [-0.2, 0) is 9.53 Å². The number of hydrogen-bond donors (Lipinski definition) is 4. The number of benzene rings is 1. The summed E-state index contributed by atoms with van der Waals surface area (Å²) in [6.45, 7) is 5.27. The number of anilines is 1. The van der Waals surface area contributed by atoms with Gasteiger partial charge in [0.25, 0.3) is 11.5 Å². The van der Waals surface area contributed by atoms with Gasteiger partial charge in [-0.3, -0.25) is 24.5 Å². The maximum Gasteiger partial charge on any atom is 0.280 e. The first kappa shape index (κ1) is 22.9. The molecule has 11 nitrogen and oxygen atoms in total. The Morgan fingerprint density at radius 3 is 2.73 bits per heavy atom. The third-order valence-electron chi connectivity index (χ3n) is 5.39. The highest BCUT2D eigenvalue weighted by molar-refractivity contribution is 5.94. The molecule has 11 heteroatoms. The van der Waals surface area contributed by atoms with E-state index in [9.17, 15) is 19.8 Å². The fourth-order valence-electron chi connectivity index (χ4n) is 3.69. The molecule has 4 N–H and O–H groups in total. The van der Waals surface area contributed by atoms with Crippen molar-refractivity contribution in [2.45, 2.75) is 51.7 Å². The van der Waals surface area contributed by atoms with Crippen molar-refractivity contribution in [1.29, 1.82) is 0 Å².